The summed E-state index contributed by atoms with van der Waals surface area (Å²) in [5.41, 5.74) is -0.140. The molecule has 1 saturated heterocycles. The minimum absolute atomic E-state index is 0.0901. The molecule has 1 aromatic heterocycles. The largest absolute Gasteiger partial charge is 0.416 e. The summed E-state index contributed by atoms with van der Waals surface area (Å²) in [5, 5.41) is 3.90. The molecule has 1 aliphatic rings. The van der Waals surface area contributed by atoms with E-state index in [0.717, 1.165) is 12.1 Å². The Morgan fingerprint density at radius 3 is 2.37 bits per heavy atom. The molecule has 9 heteroatoms. The lowest BCUT2D eigenvalue weighted by atomic mass is 9.96. The first-order chi connectivity index (χ1) is 12.7. The number of anilines is 1. The quantitative estimate of drug-likeness (QED) is 0.813. The van der Waals surface area contributed by atoms with Crippen LogP contribution in [0, 0.1) is 0 Å². The van der Waals surface area contributed by atoms with Crippen molar-refractivity contribution in [1.82, 2.24) is 15.0 Å². The lowest BCUT2D eigenvalue weighted by molar-refractivity contribution is -0.137. The fourth-order valence-electron chi connectivity index (χ4n) is 3.05. The Balaban J connectivity index is 1.53. The van der Waals surface area contributed by atoms with Crippen molar-refractivity contribution in [2.45, 2.75) is 31.4 Å². The molecule has 1 aromatic carbocycles. The highest BCUT2D eigenvalue weighted by molar-refractivity contribution is 5.78. The average Bonchev–Trinajstić information content (AvgIpc) is 3.12. The van der Waals surface area contributed by atoms with Crippen molar-refractivity contribution in [3.8, 4) is 0 Å². The van der Waals surface area contributed by atoms with E-state index in [1.54, 1.807) is 9.80 Å². The summed E-state index contributed by atoms with van der Waals surface area (Å²) < 4.78 is 43.1. The summed E-state index contributed by atoms with van der Waals surface area (Å²) in [6, 6.07) is 4.73. The summed E-state index contributed by atoms with van der Waals surface area (Å²) in [6.07, 6.45) is -2.85. The van der Waals surface area contributed by atoms with Crippen molar-refractivity contribution in [2.75, 3.05) is 32.1 Å². The van der Waals surface area contributed by atoms with Crippen LogP contribution in [0.4, 0.5) is 19.1 Å². The number of benzene rings is 1. The number of piperidine rings is 1. The Labute approximate surface area is 154 Å². The van der Waals surface area contributed by atoms with Crippen molar-refractivity contribution in [3.63, 3.8) is 0 Å². The zero-order chi connectivity index (χ0) is 19.6. The SMILES string of the molecule is CN(C)c1noc(C2CCN(C(=O)Cc3ccc(C(F)(F)F)cc3)CC2)n1. The second-order valence-electron chi connectivity index (χ2n) is 6.85. The van der Waals surface area contributed by atoms with Crippen molar-refractivity contribution in [1.29, 1.82) is 0 Å². The first-order valence-electron chi connectivity index (χ1n) is 8.69. The van der Waals surface area contributed by atoms with Crippen LogP contribution < -0.4 is 4.90 Å². The number of halogens is 3. The van der Waals surface area contributed by atoms with Gasteiger partial charge < -0.3 is 14.3 Å². The average molecular weight is 382 g/mol. The van der Waals surface area contributed by atoms with Gasteiger partial charge in [0.05, 0.1) is 12.0 Å². The molecule has 0 N–H and O–H groups in total. The lowest BCUT2D eigenvalue weighted by Gasteiger charge is -2.30. The van der Waals surface area contributed by atoms with Crippen LogP contribution in [0.25, 0.3) is 0 Å². The molecular weight excluding hydrogens is 361 g/mol. The maximum atomic E-state index is 12.6. The van der Waals surface area contributed by atoms with E-state index in [2.05, 4.69) is 10.1 Å². The van der Waals surface area contributed by atoms with Crippen LogP contribution in [-0.4, -0.2) is 48.1 Å². The Morgan fingerprint density at radius 2 is 1.85 bits per heavy atom. The maximum absolute atomic E-state index is 12.6. The zero-order valence-electron chi connectivity index (χ0n) is 15.2. The third kappa shape index (κ3) is 4.58. The van der Waals surface area contributed by atoms with Gasteiger partial charge in [0.25, 0.3) is 5.95 Å². The van der Waals surface area contributed by atoms with Crippen molar-refractivity contribution in [2.24, 2.45) is 0 Å². The predicted octanol–water partition coefficient (Wildman–Crippen LogP) is 3.10. The number of aromatic nitrogens is 2. The molecule has 1 amide bonds. The Hall–Kier alpha value is -2.58. The molecule has 3 rings (SSSR count). The molecule has 1 fully saturated rings. The van der Waals surface area contributed by atoms with Gasteiger partial charge in [0, 0.05) is 33.1 Å². The third-order valence-electron chi connectivity index (χ3n) is 4.66. The highest BCUT2D eigenvalue weighted by Crippen LogP contribution is 2.30. The van der Waals surface area contributed by atoms with E-state index in [-0.39, 0.29) is 18.2 Å². The molecule has 0 radical (unpaired) electrons. The summed E-state index contributed by atoms with van der Waals surface area (Å²) in [7, 11) is 3.66. The number of alkyl halides is 3. The maximum Gasteiger partial charge on any atom is 0.416 e. The van der Waals surface area contributed by atoms with Gasteiger partial charge in [-0.15, -0.1) is 0 Å². The molecule has 2 heterocycles. The summed E-state index contributed by atoms with van der Waals surface area (Å²) >= 11 is 0. The van der Waals surface area contributed by atoms with Crippen molar-refractivity contribution >= 4 is 11.9 Å². The molecule has 0 saturated carbocycles. The minimum atomic E-state index is -4.37. The third-order valence-corrected chi connectivity index (χ3v) is 4.66. The molecule has 1 aliphatic heterocycles. The van der Waals surface area contributed by atoms with Gasteiger partial charge in [0.2, 0.25) is 11.8 Å². The lowest BCUT2D eigenvalue weighted by Crippen LogP contribution is -2.38. The first-order valence-corrected chi connectivity index (χ1v) is 8.69. The number of rotatable bonds is 4. The van der Waals surface area contributed by atoms with E-state index in [9.17, 15) is 18.0 Å². The molecule has 0 spiro atoms. The molecule has 6 nitrogen and oxygen atoms in total. The first kappa shape index (κ1) is 19.2. The van der Waals surface area contributed by atoms with E-state index < -0.39 is 11.7 Å². The van der Waals surface area contributed by atoms with Crippen LogP contribution in [0.2, 0.25) is 0 Å². The van der Waals surface area contributed by atoms with Crippen LogP contribution in [0.1, 0.15) is 35.8 Å². The fourth-order valence-corrected chi connectivity index (χ4v) is 3.05. The molecule has 0 atom stereocenters. The van der Waals surface area contributed by atoms with Gasteiger partial charge in [-0.25, -0.2) is 0 Å². The molecule has 0 unspecified atom stereocenters. The molecule has 27 heavy (non-hydrogen) atoms. The summed E-state index contributed by atoms with van der Waals surface area (Å²) in [4.78, 5) is 20.3. The smallest absolute Gasteiger partial charge is 0.344 e. The van der Waals surface area contributed by atoms with Crippen LogP contribution in [0.15, 0.2) is 28.8 Å². The number of carbonyl (C=O) groups excluding carboxylic acids is 1. The topological polar surface area (TPSA) is 62.5 Å². The highest BCUT2D eigenvalue weighted by atomic mass is 19.4. The molecular formula is C18H21F3N4O2. The second-order valence-corrected chi connectivity index (χ2v) is 6.85. The van der Waals surface area contributed by atoms with Gasteiger partial charge >= 0.3 is 6.18 Å². The second kappa shape index (κ2) is 7.58. The van der Waals surface area contributed by atoms with E-state index in [4.69, 9.17) is 4.52 Å². The van der Waals surface area contributed by atoms with Crippen molar-refractivity contribution in [3.05, 3.63) is 41.3 Å². The van der Waals surface area contributed by atoms with E-state index >= 15 is 0 Å². The Bertz CT molecular complexity index is 779. The van der Waals surface area contributed by atoms with Gasteiger partial charge in [0.1, 0.15) is 0 Å². The number of nitrogens with zero attached hydrogens (tertiary/aromatic N) is 4. The van der Waals surface area contributed by atoms with E-state index in [1.807, 2.05) is 14.1 Å². The van der Waals surface area contributed by atoms with Crippen LogP contribution >= 0.6 is 0 Å². The number of carbonyl (C=O) groups is 1. The molecule has 146 valence electrons. The Morgan fingerprint density at radius 1 is 1.22 bits per heavy atom. The molecule has 2 aromatic rings. The molecule has 0 bridgehead atoms. The van der Waals surface area contributed by atoms with Crippen LogP contribution in [0.5, 0.6) is 0 Å². The standard InChI is InChI=1S/C18H21F3N4O2/c1-24(2)17-22-16(27-23-17)13-7-9-25(10-8-13)15(26)11-12-3-5-14(6-4-12)18(19,20)21/h3-6,13H,7-11H2,1-2H3. The van der Waals surface area contributed by atoms with Crippen molar-refractivity contribution < 1.29 is 22.5 Å². The van der Waals surface area contributed by atoms with E-state index in [0.29, 0.717) is 43.3 Å². The highest BCUT2D eigenvalue weighted by Gasteiger charge is 2.30. The summed E-state index contributed by atoms with van der Waals surface area (Å²) in [5.74, 6) is 1.12. The minimum Gasteiger partial charge on any atom is -0.344 e. The number of hydrogen-bond acceptors (Lipinski definition) is 5. The summed E-state index contributed by atoms with van der Waals surface area (Å²) in [6.45, 7) is 1.12. The monoisotopic (exact) mass is 382 g/mol. The van der Waals surface area contributed by atoms with Gasteiger partial charge in [0.15, 0.2) is 0 Å². The fraction of sp³-hybridized carbons (Fsp3) is 0.500. The number of hydrogen-bond donors (Lipinski definition) is 0. The van der Waals surface area contributed by atoms with Gasteiger partial charge in [-0.2, -0.15) is 18.2 Å². The molecule has 0 aliphatic carbocycles. The van der Waals surface area contributed by atoms with E-state index in [1.165, 1.54) is 12.1 Å². The van der Waals surface area contributed by atoms with Gasteiger partial charge in [-0.3, -0.25) is 4.79 Å². The van der Waals surface area contributed by atoms with Gasteiger partial charge in [-0.05, 0) is 35.7 Å². The number of amides is 1. The van der Waals surface area contributed by atoms with Crippen LogP contribution in [-0.2, 0) is 17.4 Å². The van der Waals surface area contributed by atoms with Crippen LogP contribution in [0.3, 0.4) is 0 Å². The normalized spacial score (nSPS) is 15.8. The van der Waals surface area contributed by atoms with Gasteiger partial charge in [-0.1, -0.05) is 12.1 Å². The zero-order valence-corrected chi connectivity index (χ0v) is 15.2. The number of likely N-dealkylation sites (tertiary alicyclic amines) is 1. The predicted molar refractivity (Wildman–Crippen MR) is 92.3 cm³/mol. The Kier molecular flexibility index (Phi) is 5.38.